The van der Waals surface area contributed by atoms with Crippen LogP contribution in [0.4, 0.5) is 0 Å². The first kappa shape index (κ1) is 22.7. The smallest absolute Gasteiger partial charge is 0.550 e. The monoisotopic (exact) mass is 306 g/mol. The average Bonchev–Trinajstić information content (AvgIpc) is 2.39. The quantitative estimate of drug-likeness (QED) is 0.291. The second kappa shape index (κ2) is 15.8. The van der Waals surface area contributed by atoms with Gasteiger partial charge in [-0.25, -0.2) is 0 Å². The van der Waals surface area contributed by atoms with Crippen LogP contribution in [0.25, 0.3) is 0 Å². The first-order valence-electron chi connectivity index (χ1n) is 7.65. The molecule has 0 aliphatic carbocycles. The molecule has 1 atom stereocenters. The third-order valence-electron chi connectivity index (χ3n) is 3.28. The average molecular weight is 307 g/mol. The molecule has 0 saturated heterocycles. The Kier molecular flexibility index (Phi) is 17.1. The molecule has 0 heterocycles. The Morgan fingerprint density at radius 2 is 1.48 bits per heavy atom. The van der Waals surface area contributed by atoms with Gasteiger partial charge in [0.15, 0.2) is 0 Å². The van der Waals surface area contributed by atoms with Crippen LogP contribution in [0.15, 0.2) is 12.2 Å². The number of aliphatic carboxylic acids is 2. The van der Waals surface area contributed by atoms with Crippen molar-refractivity contribution in [1.29, 1.82) is 0 Å². The zero-order valence-electron chi connectivity index (χ0n) is 13.1. The number of hydrogen-bond acceptors (Lipinski definition) is 4. The van der Waals surface area contributed by atoms with Gasteiger partial charge in [0.25, 0.3) is 0 Å². The molecular formula is C16H26MgO4. The Morgan fingerprint density at radius 3 is 1.95 bits per heavy atom. The molecule has 0 rings (SSSR count). The fourth-order valence-electron chi connectivity index (χ4n) is 2.07. The number of carboxylic acid groups (broad SMARTS) is 2. The van der Waals surface area contributed by atoms with Crippen LogP contribution < -0.4 is 10.2 Å². The molecule has 0 radical (unpaired) electrons. The summed E-state index contributed by atoms with van der Waals surface area (Å²) >= 11 is 0. The molecule has 0 aliphatic rings. The van der Waals surface area contributed by atoms with E-state index in [1.165, 1.54) is 44.6 Å². The normalized spacial score (nSPS) is 12.0. The third-order valence-corrected chi connectivity index (χ3v) is 3.28. The van der Waals surface area contributed by atoms with Crippen molar-refractivity contribution < 1.29 is 19.8 Å². The van der Waals surface area contributed by atoms with Crippen molar-refractivity contribution in [2.45, 2.75) is 71.1 Å². The third kappa shape index (κ3) is 15.7. The predicted molar refractivity (Wildman–Crippen MR) is 80.2 cm³/mol. The minimum Gasteiger partial charge on any atom is -0.550 e. The molecule has 0 aromatic carbocycles. The summed E-state index contributed by atoms with van der Waals surface area (Å²) in [5.41, 5.74) is 0. The van der Waals surface area contributed by atoms with Gasteiger partial charge in [-0.05, 0) is 19.3 Å². The van der Waals surface area contributed by atoms with Crippen molar-refractivity contribution in [2.75, 3.05) is 0 Å². The molecule has 0 spiro atoms. The van der Waals surface area contributed by atoms with E-state index in [9.17, 15) is 19.8 Å². The van der Waals surface area contributed by atoms with Crippen LogP contribution in [0.2, 0.25) is 0 Å². The minimum atomic E-state index is -1.36. The van der Waals surface area contributed by atoms with E-state index in [-0.39, 0.29) is 23.1 Å². The Morgan fingerprint density at radius 1 is 0.952 bits per heavy atom. The van der Waals surface area contributed by atoms with Crippen LogP contribution in [0.5, 0.6) is 0 Å². The van der Waals surface area contributed by atoms with Gasteiger partial charge in [0, 0.05) is 17.9 Å². The van der Waals surface area contributed by atoms with E-state index in [1.807, 2.05) is 0 Å². The number of rotatable bonds is 13. The van der Waals surface area contributed by atoms with E-state index in [0.29, 0.717) is 0 Å². The molecule has 5 heteroatoms. The second-order valence-electron chi connectivity index (χ2n) is 5.19. The summed E-state index contributed by atoms with van der Waals surface area (Å²) in [6, 6.07) is 0. The summed E-state index contributed by atoms with van der Waals surface area (Å²) in [6.45, 7) is 2.20. The van der Waals surface area contributed by atoms with Crippen molar-refractivity contribution >= 4 is 35.0 Å². The van der Waals surface area contributed by atoms with Crippen molar-refractivity contribution in [3.8, 4) is 0 Å². The molecule has 0 saturated carbocycles. The number of hydrogen-bond donors (Lipinski definition) is 0. The summed E-state index contributed by atoms with van der Waals surface area (Å²) in [4.78, 5) is 21.0. The first-order chi connectivity index (χ1) is 9.57. The van der Waals surface area contributed by atoms with Crippen LogP contribution in [-0.2, 0) is 9.59 Å². The van der Waals surface area contributed by atoms with Crippen LogP contribution in [0.1, 0.15) is 71.1 Å². The van der Waals surface area contributed by atoms with E-state index in [1.54, 1.807) is 6.08 Å². The Balaban J connectivity index is 0. The molecule has 0 fully saturated rings. The topological polar surface area (TPSA) is 80.3 Å². The summed E-state index contributed by atoms with van der Waals surface area (Å²) in [5.74, 6) is -3.80. The van der Waals surface area contributed by atoms with Gasteiger partial charge in [0.2, 0.25) is 0 Å². The number of carboxylic acids is 2. The maximum Gasteiger partial charge on any atom is 2.00 e. The van der Waals surface area contributed by atoms with Gasteiger partial charge in [-0.15, -0.1) is 0 Å². The zero-order chi connectivity index (χ0) is 15.2. The molecule has 0 N–H and O–H groups in total. The standard InChI is InChI=1S/C16H28O4.Mg/c1-2-3-4-5-6-7-8-9-10-11-12-14(16(19)20)13-15(17)18;/h11-12,14H,2-10,13H2,1H3,(H,17,18)(H,19,20);/q;+2/p-2. The zero-order valence-corrected chi connectivity index (χ0v) is 14.6. The molecule has 0 aliphatic heterocycles. The van der Waals surface area contributed by atoms with Crippen molar-refractivity contribution in [3.63, 3.8) is 0 Å². The van der Waals surface area contributed by atoms with Crippen molar-refractivity contribution in [2.24, 2.45) is 5.92 Å². The van der Waals surface area contributed by atoms with E-state index in [4.69, 9.17) is 0 Å². The van der Waals surface area contributed by atoms with Gasteiger partial charge in [-0.1, -0.05) is 64.0 Å². The largest absolute Gasteiger partial charge is 2.00 e. The number of allylic oxidation sites excluding steroid dienone is 1. The molecule has 0 aromatic heterocycles. The summed E-state index contributed by atoms with van der Waals surface area (Å²) in [5, 5.41) is 21.0. The molecule has 116 valence electrons. The van der Waals surface area contributed by atoms with Crippen LogP contribution in [0, 0.1) is 5.92 Å². The molecule has 0 amide bonds. The van der Waals surface area contributed by atoms with Gasteiger partial charge in [0.05, 0.1) is 0 Å². The fourth-order valence-corrected chi connectivity index (χ4v) is 2.07. The predicted octanol–water partition coefficient (Wildman–Crippen LogP) is 1.20. The van der Waals surface area contributed by atoms with Crippen molar-refractivity contribution in [3.05, 3.63) is 12.2 Å². The molecule has 0 aromatic rings. The Hall–Kier alpha value is -0.554. The summed E-state index contributed by atoms with van der Waals surface area (Å²) in [6.07, 6.45) is 13.2. The van der Waals surface area contributed by atoms with Gasteiger partial charge in [0.1, 0.15) is 0 Å². The van der Waals surface area contributed by atoms with Gasteiger partial charge in [-0.3, -0.25) is 0 Å². The maximum absolute atomic E-state index is 10.7. The van der Waals surface area contributed by atoms with E-state index < -0.39 is 24.3 Å². The summed E-state index contributed by atoms with van der Waals surface area (Å²) < 4.78 is 0. The number of carbonyl (C=O) groups excluding carboxylic acids is 2. The van der Waals surface area contributed by atoms with Crippen LogP contribution in [-0.4, -0.2) is 35.0 Å². The number of unbranched alkanes of at least 4 members (excludes halogenated alkanes) is 8. The van der Waals surface area contributed by atoms with Gasteiger partial charge < -0.3 is 19.8 Å². The fraction of sp³-hybridized carbons (Fsp3) is 0.750. The second-order valence-corrected chi connectivity index (χ2v) is 5.19. The van der Waals surface area contributed by atoms with E-state index in [0.717, 1.165) is 19.3 Å². The molecule has 1 unspecified atom stereocenters. The van der Waals surface area contributed by atoms with Crippen molar-refractivity contribution in [1.82, 2.24) is 0 Å². The van der Waals surface area contributed by atoms with Crippen LogP contribution >= 0.6 is 0 Å². The van der Waals surface area contributed by atoms with E-state index in [2.05, 4.69) is 6.92 Å². The Labute approximate surface area is 144 Å². The first-order valence-corrected chi connectivity index (χ1v) is 7.65. The minimum absolute atomic E-state index is 0. The number of carbonyl (C=O) groups is 2. The molecule has 21 heavy (non-hydrogen) atoms. The molecule has 4 nitrogen and oxygen atoms in total. The van der Waals surface area contributed by atoms with Gasteiger partial charge >= 0.3 is 23.1 Å². The van der Waals surface area contributed by atoms with E-state index >= 15 is 0 Å². The molecular weight excluding hydrogens is 280 g/mol. The van der Waals surface area contributed by atoms with Gasteiger partial charge in [-0.2, -0.15) is 0 Å². The maximum atomic E-state index is 10.7. The SMILES string of the molecule is CCCCCCCCCCC=CC(CC(=O)[O-])C(=O)[O-].[Mg+2]. The molecule has 0 bridgehead atoms. The Bertz CT molecular complexity index is 303. The summed E-state index contributed by atoms with van der Waals surface area (Å²) in [7, 11) is 0. The van der Waals surface area contributed by atoms with Crippen LogP contribution in [0.3, 0.4) is 0 Å².